The summed E-state index contributed by atoms with van der Waals surface area (Å²) in [5.74, 6) is -0.604. The van der Waals surface area contributed by atoms with Gasteiger partial charge in [-0.25, -0.2) is 0 Å². The van der Waals surface area contributed by atoms with Gasteiger partial charge in [0.1, 0.15) is 11.8 Å². The van der Waals surface area contributed by atoms with Crippen molar-refractivity contribution in [3.05, 3.63) is 23.3 Å². The first-order valence-corrected chi connectivity index (χ1v) is 4.08. The minimum absolute atomic E-state index is 0.0583. The van der Waals surface area contributed by atoms with Crippen LogP contribution in [0.2, 0.25) is 0 Å². The molecule has 1 aromatic rings. The first-order chi connectivity index (χ1) is 7.10. The third-order valence-electron chi connectivity index (χ3n) is 1.85. The van der Waals surface area contributed by atoms with Crippen LogP contribution in [-0.2, 0) is 4.79 Å². The molecule has 0 aliphatic carbocycles. The van der Waals surface area contributed by atoms with E-state index >= 15 is 0 Å². The summed E-state index contributed by atoms with van der Waals surface area (Å²) in [7, 11) is 0. The predicted octanol–water partition coefficient (Wildman–Crippen LogP) is 1.03. The summed E-state index contributed by atoms with van der Waals surface area (Å²) >= 11 is 0. The molecule has 5 nitrogen and oxygen atoms in total. The first-order valence-electron chi connectivity index (χ1n) is 4.08. The van der Waals surface area contributed by atoms with Crippen molar-refractivity contribution >= 4 is 17.9 Å². The molecule has 0 heterocycles. The Bertz CT molecular complexity index is 460. The highest BCUT2D eigenvalue weighted by Gasteiger charge is 2.11. The summed E-state index contributed by atoms with van der Waals surface area (Å²) in [5.41, 5.74) is 0.364. The molecule has 0 fully saturated rings. The number of benzene rings is 1. The second-order valence-corrected chi connectivity index (χ2v) is 2.85. The van der Waals surface area contributed by atoms with E-state index in [2.05, 4.69) is 5.32 Å². The number of anilines is 1. The van der Waals surface area contributed by atoms with Crippen LogP contribution < -0.4 is 5.32 Å². The zero-order valence-electron chi connectivity index (χ0n) is 7.94. The number of carbonyl (C=O) groups is 2. The molecule has 5 heteroatoms. The summed E-state index contributed by atoms with van der Waals surface area (Å²) < 4.78 is 0. The van der Waals surface area contributed by atoms with Crippen molar-refractivity contribution < 1.29 is 14.7 Å². The van der Waals surface area contributed by atoms with Crippen LogP contribution in [0.1, 0.15) is 22.8 Å². The van der Waals surface area contributed by atoms with Gasteiger partial charge in [0, 0.05) is 6.07 Å². The fourth-order valence-corrected chi connectivity index (χ4v) is 1.15. The summed E-state index contributed by atoms with van der Waals surface area (Å²) in [6.07, 6.45) is 0.392. The van der Waals surface area contributed by atoms with Crippen LogP contribution in [0.25, 0.3) is 0 Å². The van der Waals surface area contributed by atoms with Gasteiger partial charge in [0.2, 0.25) is 6.41 Å². The number of nitrogens with one attached hydrogen (secondary N) is 1. The van der Waals surface area contributed by atoms with Crippen LogP contribution >= 0.6 is 0 Å². The third kappa shape index (κ3) is 2.11. The van der Waals surface area contributed by atoms with Gasteiger partial charge < -0.3 is 10.4 Å². The second kappa shape index (κ2) is 4.24. The Hall–Kier alpha value is -2.35. The molecule has 15 heavy (non-hydrogen) atoms. The Labute approximate surface area is 86.0 Å². The number of nitriles is 1. The smallest absolute Gasteiger partial charge is 0.211 e. The van der Waals surface area contributed by atoms with Gasteiger partial charge >= 0.3 is 0 Å². The quantitative estimate of drug-likeness (QED) is 0.568. The number of amides is 1. The average Bonchev–Trinajstić information content (AvgIpc) is 2.18. The van der Waals surface area contributed by atoms with Crippen molar-refractivity contribution in [3.63, 3.8) is 0 Å². The van der Waals surface area contributed by atoms with Gasteiger partial charge in [0.15, 0.2) is 5.78 Å². The molecule has 76 valence electrons. The molecule has 1 aromatic carbocycles. The highest BCUT2D eigenvalue weighted by molar-refractivity contribution is 5.98. The zero-order valence-corrected chi connectivity index (χ0v) is 7.94. The number of aromatic hydroxyl groups is 1. The predicted molar refractivity (Wildman–Crippen MR) is 52.5 cm³/mol. The molecule has 0 aliphatic heterocycles. The number of carbonyl (C=O) groups excluding carboxylic acids is 2. The largest absolute Gasteiger partial charge is 0.507 e. The molecule has 0 aromatic heterocycles. The Kier molecular flexibility index (Phi) is 3.03. The summed E-state index contributed by atoms with van der Waals surface area (Å²) in [4.78, 5) is 21.2. The van der Waals surface area contributed by atoms with E-state index in [1.54, 1.807) is 0 Å². The minimum atomic E-state index is -0.346. The molecule has 2 N–H and O–H groups in total. The molecule has 0 aliphatic rings. The second-order valence-electron chi connectivity index (χ2n) is 2.85. The van der Waals surface area contributed by atoms with Crippen LogP contribution in [0.3, 0.4) is 0 Å². The maximum Gasteiger partial charge on any atom is 0.211 e. The van der Waals surface area contributed by atoms with E-state index in [1.165, 1.54) is 19.1 Å². The maximum atomic E-state index is 11.0. The molecule has 0 bridgehead atoms. The number of rotatable bonds is 3. The molecular formula is C10H8N2O3. The number of nitrogens with zero attached hydrogens (tertiary/aromatic N) is 1. The Morgan fingerprint density at radius 1 is 1.60 bits per heavy atom. The van der Waals surface area contributed by atoms with Crippen LogP contribution in [0.15, 0.2) is 12.1 Å². The van der Waals surface area contributed by atoms with Crippen molar-refractivity contribution in [1.29, 1.82) is 5.26 Å². The number of Topliss-reactive ketones (excluding diaryl/α,β-unsaturated/α-hetero) is 1. The van der Waals surface area contributed by atoms with Gasteiger partial charge in [-0.05, 0) is 13.0 Å². The zero-order chi connectivity index (χ0) is 11.4. The van der Waals surface area contributed by atoms with Gasteiger partial charge in [0.25, 0.3) is 0 Å². The lowest BCUT2D eigenvalue weighted by atomic mass is 10.1. The Morgan fingerprint density at radius 3 is 2.73 bits per heavy atom. The van der Waals surface area contributed by atoms with Crippen molar-refractivity contribution in [3.8, 4) is 11.8 Å². The lowest BCUT2D eigenvalue weighted by Crippen LogP contribution is -2.00. The SMILES string of the molecule is CC(=O)c1cc(C#N)c(NC=O)cc1O. The minimum Gasteiger partial charge on any atom is -0.507 e. The Morgan fingerprint density at radius 2 is 2.27 bits per heavy atom. The van der Waals surface area contributed by atoms with Gasteiger partial charge in [0.05, 0.1) is 16.8 Å². The molecule has 0 spiro atoms. The molecule has 0 unspecified atom stereocenters. The summed E-state index contributed by atoms with van der Waals surface area (Å²) in [5, 5.41) is 20.4. The van der Waals surface area contributed by atoms with Crippen LogP contribution in [0.4, 0.5) is 5.69 Å². The van der Waals surface area contributed by atoms with E-state index in [4.69, 9.17) is 5.26 Å². The van der Waals surface area contributed by atoms with E-state index in [0.717, 1.165) is 0 Å². The molecule has 1 amide bonds. The van der Waals surface area contributed by atoms with Gasteiger partial charge in [-0.3, -0.25) is 9.59 Å². The fourth-order valence-electron chi connectivity index (χ4n) is 1.15. The van der Waals surface area contributed by atoms with Crippen molar-refractivity contribution in [1.82, 2.24) is 0 Å². The van der Waals surface area contributed by atoms with Crippen LogP contribution in [0.5, 0.6) is 5.75 Å². The van der Waals surface area contributed by atoms with Gasteiger partial charge in [-0.15, -0.1) is 0 Å². The molecule has 1 rings (SSSR count). The number of ketones is 1. The lowest BCUT2D eigenvalue weighted by Gasteiger charge is -2.06. The maximum absolute atomic E-state index is 11.0. The van der Waals surface area contributed by atoms with Crippen molar-refractivity contribution in [2.45, 2.75) is 6.92 Å². The highest BCUT2D eigenvalue weighted by Crippen LogP contribution is 2.26. The van der Waals surface area contributed by atoms with E-state index in [9.17, 15) is 14.7 Å². The van der Waals surface area contributed by atoms with Crippen LogP contribution in [0, 0.1) is 11.3 Å². The number of phenols is 1. The van der Waals surface area contributed by atoms with E-state index in [1.807, 2.05) is 6.07 Å². The molecule has 0 atom stereocenters. The standard InChI is InChI=1S/C10H8N2O3/c1-6(14)8-2-7(4-11)9(12-5-13)3-10(8)15/h2-3,5,15H,1H3,(H,12,13). The van der Waals surface area contributed by atoms with E-state index in [-0.39, 0.29) is 28.3 Å². The normalized spacial score (nSPS) is 9.07. The number of phenolic OH excluding ortho intramolecular Hbond substituents is 1. The first kappa shape index (κ1) is 10.7. The van der Waals surface area contributed by atoms with Crippen LogP contribution in [-0.4, -0.2) is 17.3 Å². The fraction of sp³-hybridized carbons (Fsp3) is 0.100. The molecule has 0 saturated heterocycles. The monoisotopic (exact) mass is 204 g/mol. The number of hydrogen-bond acceptors (Lipinski definition) is 4. The van der Waals surface area contributed by atoms with Crippen molar-refractivity contribution in [2.24, 2.45) is 0 Å². The van der Waals surface area contributed by atoms with Gasteiger partial charge in [-0.2, -0.15) is 5.26 Å². The molecule has 0 saturated carbocycles. The Balaban J connectivity index is 3.36. The average molecular weight is 204 g/mol. The lowest BCUT2D eigenvalue weighted by molar-refractivity contribution is -0.105. The summed E-state index contributed by atoms with van der Waals surface area (Å²) in [6.45, 7) is 1.28. The third-order valence-corrected chi connectivity index (χ3v) is 1.85. The molecule has 0 radical (unpaired) electrons. The van der Waals surface area contributed by atoms with E-state index in [0.29, 0.717) is 6.41 Å². The highest BCUT2D eigenvalue weighted by atomic mass is 16.3. The van der Waals surface area contributed by atoms with E-state index < -0.39 is 0 Å². The molecular weight excluding hydrogens is 196 g/mol. The topological polar surface area (TPSA) is 90.2 Å². The summed E-state index contributed by atoms with van der Waals surface area (Å²) in [6, 6.07) is 4.23. The van der Waals surface area contributed by atoms with Gasteiger partial charge in [-0.1, -0.05) is 0 Å². The van der Waals surface area contributed by atoms with Crippen molar-refractivity contribution in [2.75, 3.05) is 5.32 Å². The number of hydrogen-bond donors (Lipinski definition) is 2.